The molecule has 0 fully saturated rings. The lowest BCUT2D eigenvalue weighted by Crippen LogP contribution is -2.31. The van der Waals surface area contributed by atoms with E-state index in [0.29, 0.717) is 26.3 Å². The van der Waals surface area contributed by atoms with Crippen molar-refractivity contribution in [2.45, 2.75) is 0 Å². The molecular weight excluding hydrogens is 224 g/mol. The first-order chi connectivity index (χ1) is 8.15. The van der Waals surface area contributed by atoms with Gasteiger partial charge in [-0.05, 0) is 6.07 Å². The highest BCUT2D eigenvalue weighted by Gasteiger charge is 2.12. The number of H-pyrrole nitrogens is 1. The van der Waals surface area contributed by atoms with Crippen molar-refractivity contribution in [3.05, 3.63) is 28.2 Å². The Morgan fingerprint density at radius 2 is 2.29 bits per heavy atom. The topological polar surface area (TPSA) is 101 Å². The van der Waals surface area contributed by atoms with Gasteiger partial charge >= 0.3 is 0 Å². The van der Waals surface area contributed by atoms with E-state index in [4.69, 9.17) is 10.5 Å². The van der Waals surface area contributed by atoms with Gasteiger partial charge in [-0.2, -0.15) is 5.10 Å². The van der Waals surface area contributed by atoms with Crippen LogP contribution in [0.3, 0.4) is 0 Å². The molecule has 0 aliphatic carbocycles. The summed E-state index contributed by atoms with van der Waals surface area (Å²) in [6, 6.07) is 2.65. The molecule has 0 aliphatic rings. The molecule has 7 heteroatoms. The zero-order valence-electron chi connectivity index (χ0n) is 9.68. The highest BCUT2D eigenvalue weighted by molar-refractivity contribution is 5.91. The van der Waals surface area contributed by atoms with Crippen LogP contribution in [0.25, 0.3) is 0 Å². The Morgan fingerprint density at radius 1 is 1.53 bits per heavy atom. The molecule has 0 unspecified atom stereocenters. The number of amides is 1. The van der Waals surface area contributed by atoms with E-state index < -0.39 is 0 Å². The van der Waals surface area contributed by atoms with Crippen LogP contribution in [0.1, 0.15) is 10.5 Å². The predicted molar refractivity (Wildman–Crippen MR) is 61.7 cm³/mol. The first-order valence-corrected chi connectivity index (χ1v) is 5.24. The number of carbonyl (C=O) groups is 1. The zero-order valence-corrected chi connectivity index (χ0v) is 9.68. The molecular formula is C10H16N4O3. The molecule has 1 amide bonds. The Kier molecular flexibility index (Phi) is 5.31. The Morgan fingerprint density at radius 3 is 2.88 bits per heavy atom. The maximum atomic E-state index is 11.8. The number of hydrogen-bond acceptors (Lipinski definition) is 5. The summed E-state index contributed by atoms with van der Waals surface area (Å²) in [5, 5.41) is 5.87. The summed E-state index contributed by atoms with van der Waals surface area (Å²) in [6.45, 7) is 1.79. The molecule has 0 saturated carbocycles. The van der Waals surface area contributed by atoms with Gasteiger partial charge in [0, 0.05) is 26.2 Å². The third-order valence-electron chi connectivity index (χ3n) is 2.08. The lowest BCUT2D eigenvalue weighted by molar-refractivity contribution is 0.0698. The third-order valence-corrected chi connectivity index (χ3v) is 2.08. The average molecular weight is 240 g/mol. The summed E-state index contributed by atoms with van der Waals surface area (Å²) < 4.78 is 5.16. The van der Waals surface area contributed by atoms with Crippen molar-refractivity contribution in [2.24, 2.45) is 5.73 Å². The van der Waals surface area contributed by atoms with Crippen LogP contribution in [0.5, 0.6) is 0 Å². The molecule has 0 saturated heterocycles. The maximum Gasteiger partial charge on any atom is 0.274 e. The van der Waals surface area contributed by atoms with Crippen LogP contribution in [0.4, 0.5) is 0 Å². The Bertz CT molecular complexity index is 398. The molecule has 17 heavy (non-hydrogen) atoms. The van der Waals surface area contributed by atoms with Crippen LogP contribution < -0.4 is 11.3 Å². The lowest BCUT2D eigenvalue weighted by Gasteiger charge is -2.16. The van der Waals surface area contributed by atoms with Gasteiger partial charge in [0.1, 0.15) is 5.69 Å². The molecule has 1 rings (SSSR count). The molecule has 94 valence electrons. The number of likely N-dealkylation sites (N-methyl/N-ethyl adjacent to an activating group) is 1. The van der Waals surface area contributed by atoms with Crippen LogP contribution in [0.15, 0.2) is 16.9 Å². The zero-order chi connectivity index (χ0) is 12.7. The summed E-state index contributed by atoms with van der Waals surface area (Å²) >= 11 is 0. The molecule has 0 aliphatic heterocycles. The highest BCUT2D eigenvalue weighted by atomic mass is 16.5. The van der Waals surface area contributed by atoms with Crippen molar-refractivity contribution >= 4 is 5.91 Å². The van der Waals surface area contributed by atoms with E-state index in [1.807, 2.05) is 0 Å². The molecule has 0 radical (unpaired) electrons. The van der Waals surface area contributed by atoms with Crippen molar-refractivity contribution in [3.8, 4) is 0 Å². The minimum Gasteiger partial charge on any atom is -0.378 e. The van der Waals surface area contributed by atoms with Crippen LogP contribution in [0, 0.1) is 0 Å². The number of carbonyl (C=O) groups excluding carboxylic acids is 1. The SMILES string of the molecule is CN(CCOCCN)C(=O)c1ccc(=O)[nH]n1. The summed E-state index contributed by atoms with van der Waals surface area (Å²) in [6.07, 6.45) is 0. The molecule has 0 atom stereocenters. The second-order valence-corrected chi connectivity index (χ2v) is 3.43. The molecule has 0 spiro atoms. The molecule has 0 aromatic carbocycles. The third kappa shape index (κ3) is 4.33. The van der Waals surface area contributed by atoms with Crippen molar-refractivity contribution in [3.63, 3.8) is 0 Å². The first kappa shape index (κ1) is 13.3. The van der Waals surface area contributed by atoms with Gasteiger partial charge in [0.25, 0.3) is 11.5 Å². The Hall–Kier alpha value is -1.73. The summed E-state index contributed by atoms with van der Waals surface area (Å²) in [5.41, 5.74) is 5.12. The van der Waals surface area contributed by atoms with Gasteiger partial charge in [-0.1, -0.05) is 0 Å². The predicted octanol–water partition coefficient (Wildman–Crippen LogP) is -1.18. The largest absolute Gasteiger partial charge is 0.378 e. The van der Waals surface area contributed by atoms with Gasteiger partial charge in [0.2, 0.25) is 0 Å². The number of aromatic amines is 1. The number of nitrogens with one attached hydrogen (secondary N) is 1. The molecule has 1 aromatic rings. The fourth-order valence-corrected chi connectivity index (χ4v) is 1.15. The van der Waals surface area contributed by atoms with Gasteiger partial charge in [-0.25, -0.2) is 5.10 Å². The minimum atomic E-state index is -0.338. The van der Waals surface area contributed by atoms with E-state index in [9.17, 15) is 9.59 Å². The number of nitrogens with zero attached hydrogens (tertiary/aromatic N) is 2. The second-order valence-electron chi connectivity index (χ2n) is 3.43. The van der Waals surface area contributed by atoms with E-state index >= 15 is 0 Å². The number of rotatable bonds is 6. The molecule has 7 nitrogen and oxygen atoms in total. The first-order valence-electron chi connectivity index (χ1n) is 5.24. The number of hydrogen-bond donors (Lipinski definition) is 2. The average Bonchev–Trinajstić information content (AvgIpc) is 2.34. The smallest absolute Gasteiger partial charge is 0.274 e. The van der Waals surface area contributed by atoms with Gasteiger partial charge in [-0.15, -0.1) is 0 Å². The molecule has 3 N–H and O–H groups in total. The Labute approximate surface area is 98.6 Å². The van der Waals surface area contributed by atoms with Gasteiger partial charge in [0.05, 0.1) is 13.2 Å². The highest BCUT2D eigenvalue weighted by Crippen LogP contribution is 1.96. The lowest BCUT2D eigenvalue weighted by atomic mass is 10.3. The van der Waals surface area contributed by atoms with E-state index in [1.54, 1.807) is 7.05 Å². The van der Waals surface area contributed by atoms with Crippen molar-refractivity contribution in [1.29, 1.82) is 0 Å². The fourth-order valence-electron chi connectivity index (χ4n) is 1.15. The number of ether oxygens (including phenoxy) is 1. The van der Waals surface area contributed by atoms with E-state index in [-0.39, 0.29) is 17.2 Å². The monoisotopic (exact) mass is 240 g/mol. The van der Waals surface area contributed by atoms with Crippen molar-refractivity contribution in [2.75, 3.05) is 33.4 Å². The van der Waals surface area contributed by atoms with E-state index in [2.05, 4.69) is 10.2 Å². The van der Waals surface area contributed by atoms with E-state index in [0.717, 1.165) is 0 Å². The minimum absolute atomic E-state index is 0.200. The van der Waals surface area contributed by atoms with Crippen LogP contribution in [0.2, 0.25) is 0 Å². The standard InChI is InChI=1S/C10H16N4O3/c1-14(5-7-17-6-4-11)10(16)8-2-3-9(15)13-12-8/h2-3H,4-7,11H2,1H3,(H,13,15). The van der Waals surface area contributed by atoms with Crippen molar-refractivity contribution < 1.29 is 9.53 Å². The van der Waals surface area contributed by atoms with E-state index in [1.165, 1.54) is 17.0 Å². The molecule has 1 heterocycles. The second kappa shape index (κ2) is 6.77. The van der Waals surface area contributed by atoms with Crippen LogP contribution >= 0.6 is 0 Å². The van der Waals surface area contributed by atoms with Crippen molar-refractivity contribution in [1.82, 2.24) is 15.1 Å². The summed E-state index contributed by atoms with van der Waals surface area (Å²) in [7, 11) is 1.64. The van der Waals surface area contributed by atoms with Gasteiger partial charge in [-0.3, -0.25) is 9.59 Å². The quantitative estimate of drug-likeness (QED) is 0.609. The van der Waals surface area contributed by atoms with Gasteiger partial charge in [0.15, 0.2) is 0 Å². The number of nitrogens with two attached hydrogens (primary N) is 1. The van der Waals surface area contributed by atoms with Gasteiger partial charge < -0.3 is 15.4 Å². The molecule has 0 bridgehead atoms. The Balaban J connectivity index is 2.46. The summed E-state index contributed by atoms with van der Waals surface area (Å²) in [5.74, 6) is -0.266. The molecule has 1 aromatic heterocycles. The van der Waals surface area contributed by atoms with Crippen LogP contribution in [-0.4, -0.2) is 54.4 Å². The van der Waals surface area contributed by atoms with Crippen LogP contribution in [-0.2, 0) is 4.74 Å². The number of aromatic nitrogens is 2. The fraction of sp³-hybridized carbons (Fsp3) is 0.500. The normalized spacial score (nSPS) is 10.2. The maximum absolute atomic E-state index is 11.8. The summed E-state index contributed by atoms with van der Waals surface area (Å²) in [4.78, 5) is 24.0.